The van der Waals surface area contributed by atoms with Crippen LogP contribution in [0.3, 0.4) is 0 Å². The molecule has 7 atom stereocenters. The molecular weight excluding hydrogens is 1060 g/mol. The number of guanidine groups is 1. The topological polar surface area (TPSA) is 384 Å². The number of hydrogen-bond donors (Lipinski definition) is 11. The van der Waals surface area contributed by atoms with Gasteiger partial charge in [0.1, 0.15) is 48.0 Å². The Labute approximate surface area is 468 Å². The fourth-order valence-corrected chi connectivity index (χ4v) is 13.0. The molecule has 79 heavy (non-hydrogen) atoms. The van der Waals surface area contributed by atoms with Crippen LogP contribution in [0.2, 0.25) is 0 Å². The van der Waals surface area contributed by atoms with Crippen LogP contribution in [0.5, 0.6) is 5.75 Å². The standard InChI is InChI=1S/C53H77N13O11S2/c1-4-77-34-19-17-33(18-20-34)26-36-46(71)62-37(25-32-13-7-5-8-14-32)48(73)65-44(31(2)3)50(75)63-38(27-41(54)67)47(72)64-39(30-78-79-53(28-43(69)60-36)21-9-6-10-22-53)51(76)66-24-12-16-40(66)49(74)61-35(15-11-23-58-52(56)57)45(70)59-29-42(55)68/h5,7-8,13-14,17-20,31,35-40,44H,4,6,9-12,15-16,21-30H2,1-3H3,(H2,54,67)(H2,55,68)(H,59,70)(H,60,69)(H,61,74)(H,62,71)(H,63,75)(H,64,72)(H,65,73)(H4,56,57,58)/t35-,36+,37-,38-,39-,40-,44-/m0/s1. The molecule has 24 nitrogen and oxygen atoms in total. The maximum Gasteiger partial charge on any atom is 0.246 e. The van der Waals surface area contributed by atoms with Gasteiger partial charge < -0.3 is 69.8 Å². The smallest absolute Gasteiger partial charge is 0.246 e. The number of aliphatic imine (C=N–C) groups is 1. The molecule has 2 aromatic carbocycles. The van der Waals surface area contributed by atoms with E-state index in [1.54, 1.807) is 68.4 Å². The lowest BCUT2D eigenvalue weighted by Crippen LogP contribution is -2.61. The normalized spacial score (nSPS) is 22.9. The Balaban J connectivity index is 1.52. The van der Waals surface area contributed by atoms with E-state index in [0.717, 1.165) is 19.3 Å². The molecule has 2 saturated heterocycles. The second-order valence-electron chi connectivity index (χ2n) is 20.3. The van der Waals surface area contributed by atoms with Crippen molar-refractivity contribution >= 4 is 86.6 Å². The summed E-state index contributed by atoms with van der Waals surface area (Å²) in [6, 6.07) is 6.83. The zero-order chi connectivity index (χ0) is 57.6. The zero-order valence-electron chi connectivity index (χ0n) is 45.1. The molecule has 1 aliphatic carbocycles. The van der Waals surface area contributed by atoms with Crippen LogP contribution in [0, 0.1) is 5.92 Å². The van der Waals surface area contributed by atoms with Gasteiger partial charge in [-0.2, -0.15) is 0 Å². The Hall–Kier alpha value is -7.09. The Kier molecular flexibility index (Phi) is 24.5. The van der Waals surface area contributed by atoms with E-state index in [2.05, 4.69) is 42.2 Å². The van der Waals surface area contributed by atoms with Gasteiger partial charge in [-0.3, -0.25) is 52.9 Å². The molecule has 2 aromatic rings. The summed E-state index contributed by atoms with van der Waals surface area (Å²) < 4.78 is 4.92. The van der Waals surface area contributed by atoms with Crippen molar-refractivity contribution < 1.29 is 52.7 Å². The molecule has 5 rings (SSSR count). The largest absolute Gasteiger partial charge is 0.494 e. The third kappa shape index (κ3) is 20.0. The van der Waals surface area contributed by atoms with Gasteiger partial charge in [-0.1, -0.05) is 97.2 Å². The molecule has 2 heterocycles. The summed E-state index contributed by atoms with van der Waals surface area (Å²) in [6.07, 6.45) is 3.75. The molecule has 0 aromatic heterocycles. The number of nitrogens with two attached hydrogens (primary N) is 4. The maximum atomic E-state index is 15.0. The fraction of sp³-hybridized carbons (Fsp3) is 0.566. The first-order valence-corrected chi connectivity index (χ1v) is 29.1. The molecule has 3 fully saturated rings. The van der Waals surface area contributed by atoms with E-state index in [-0.39, 0.29) is 63.3 Å². The van der Waals surface area contributed by atoms with Gasteiger partial charge in [0.2, 0.25) is 59.1 Å². The van der Waals surface area contributed by atoms with Crippen molar-refractivity contribution in [2.45, 2.75) is 151 Å². The Morgan fingerprint density at radius 1 is 0.772 bits per heavy atom. The third-order valence-corrected chi connectivity index (χ3v) is 17.0. The van der Waals surface area contributed by atoms with E-state index in [1.807, 2.05) is 6.92 Å². The van der Waals surface area contributed by atoms with Crippen LogP contribution in [0.4, 0.5) is 0 Å². The van der Waals surface area contributed by atoms with Crippen LogP contribution in [-0.2, 0) is 60.8 Å². The number of ether oxygens (including phenoxy) is 1. The quantitative estimate of drug-likeness (QED) is 0.0364. The number of carbonyl (C=O) groups excluding carboxylic acids is 10. The van der Waals surface area contributed by atoms with E-state index in [9.17, 15) is 47.9 Å². The van der Waals surface area contributed by atoms with Crippen LogP contribution in [0.1, 0.15) is 103 Å². The van der Waals surface area contributed by atoms with Gasteiger partial charge in [-0.25, -0.2) is 0 Å². The summed E-state index contributed by atoms with van der Waals surface area (Å²) in [6.45, 7) is 5.28. The first-order chi connectivity index (χ1) is 37.7. The summed E-state index contributed by atoms with van der Waals surface area (Å²) in [5.41, 5.74) is 23.2. The van der Waals surface area contributed by atoms with Crippen LogP contribution in [0.15, 0.2) is 59.6 Å². The predicted octanol–water partition coefficient (Wildman–Crippen LogP) is -0.555. The van der Waals surface area contributed by atoms with Crippen molar-refractivity contribution in [1.29, 1.82) is 0 Å². The van der Waals surface area contributed by atoms with Crippen LogP contribution >= 0.6 is 21.6 Å². The molecular formula is C53H77N13O11S2. The number of rotatable bonds is 19. The predicted molar refractivity (Wildman–Crippen MR) is 299 cm³/mol. The van der Waals surface area contributed by atoms with Crippen molar-refractivity contribution in [2.75, 3.05) is 32.0 Å². The average Bonchev–Trinajstić information content (AvgIpc) is 3.91. The van der Waals surface area contributed by atoms with E-state index < -0.39 is 125 Å². The molecule has 10 amide bonds. The minimum absolute atomic E-state index is 0.0131. The second-order valence-corrected chi connectivity index (χ2v) is 23.2. The number of benzene rings is 2. The highest BCUT2D eigenvalue weighted by molar-refractivity contribution is 8.77. The number of amides is 10. The number of nitrogens with zero attached hydrogens (tertiary/aromatic N) is 2. The van der Waals surface area contributed by atoms with Gasteiger partial charge in [-0.15, -0.1) is 0 Å². The molecule has 15 N–H and O–H groups in total. The first kappa shape index (κ1) is 62.7. The molecule has 26 heteroatoms. The first-order valence-electron chi connectivity index (χ1n) is 26.7. The van der Waals surface area contributed by atoms with Gasteiger partial charge in [0.05, 0.1) is 19.6 Å². The number of primary amides is 2. The van der Waals surface area contributed by atoms with Crippen LogP contribution < -0.4 is 64.9 Å². The number of carbonyl (C=O) groups is 10. The summed E-state index contributed by atoms with van der Waals surface area (Å²) in [5, 5.41) is 19.0. The van der Waals surface area contributed by atoms with Crippen molar-refractivity contribution in [1.82, 2.24) is 42.1 Å². The lowest BCUT2D eigenvalue weighted by Gasteiger charge is -2.37. The molecule has 2 aliphatic heterocycles. The zero-order valence-corrected chi connectivity index (χ0v) is 46.7. The Bertz CT molecular complexity index is 2490. The average molecular weight is 1140 g/mol. The second kappa shape index (κ2) is 30.9. The Morgan fingerprint density at radius 3 is 2.04 bits per heavy atom. The summed E-state index contributed by atoms with van der Waals surface area (Å²) in [4.78, 5) is 144. The SMILES string of the molecule is CCOc1ccc(C[C@H]2NC(=O)CC3(CCCCC3)SSC[C@@H](C(=O)N3CCC[C@H]3C(=O)N[C@@H](CCCN=C(N)N)C(=O)NCC(N)=O)NC(=O)[C@H](CC(N)=O)NC(=O)[C@H](C(C)C)NC(=O)[C@H](Cc3ccccc3)NC2=O)cc1. The number of nitrogens with one attached hydrogen (secondary N) is 7. The minimum Gasteiger partial charge on any atom is -0.494 e. The fourth-order valence-electron chi connectivity index (χ4n) is 9.66. The monoisotopic (exact) mass is 1140 g/mol. The van der Waals surface area contributed by atoms with Crippen molar-refractivity contribution in [3.8, 4) is 5.75 Å². The Morgan fingerprint density at radius 2 is 1.41 bits per heavy atom. The van der Waals surface area contributed by atoms with Crippen molar-refractivity contribution in [2.24, 2.45) is 33.8 Å². The molecule has 0 bridgehead atoms. The highest BCUT2D eigenvalue weighted by Gasteiger charge is 2.42. The van der Waals surface area contributed by atoms with Gasteiger partial charge in [0, 0.05) is 42.9 Å². The molecule has 432 valence electrons. The van der Waals surface area contributed by atoms with Gasteiger partial charge >= 0.3 is 0 Å². The molecule has 0 radical (unpaired) electrons. The van der Waals surface area contributed by atoms with Crippen LogP contribution in [-0.4, -0.2) is 149 Å². The van der Waals surface area contributed by atoms with Crippen molar-refractivity contribution in [3.63, 3.8) is 0 Å². The minimum atomic E-state index is -1.66. The van der Waals surface area contributed by atoms with Gasteiger partial charge in [0.25, 0.3) is 0 Å². The number of likely N-dealkylation sites (tertiary alicyclic amines) is 1. The van der Waals surface area contributed by atoms with Crippen LogP contribution in [0.25, 0.3) is 0 Å². The summed E-state index contributed by atoms with van der Waals surface area (Å²) in [5.74, 6) is -7.88. The molecule has 0 unspecified atom stereocenters. The van der Waals surface area contributed by atoms with E-state index in [0.29, 0.717) is 42.7 Å². The van der Waals surface area contributed by atoms with Gasteiger partial charge in [0.15, 0.2) is 5.96 Å². The maximum absolute atomic E-state index is 15.0. The van der Waals surface area contributed by atoms with Gasteiger partial charge in [-0.05, 0) is 74.6 Å². The highest BCUT2D eigenvalue weighted by Crippen LogP contribution is 2.48. The summed E-state index contributed by atoms with van der Waals surface area (Å²) >= 11 is 0. The van der Waals surface area contributed by atoms with E-state index in [1.165, 1.54) is 26.5 Å². The third-order valence-electron chi connectivity index (χ3n) is 13.7. The lowest BCUT2D eigenvalue weighted by atomic mass is 9.85. The molecule has 1 saturated carbocycles. The van der Waals surface area contributed by atoms with E-state index >= 15 is 0 Å². The molecule has 1 spiro atoms. The highest BCUT2D eigenvalue weighted by atomic mass is 33.1. The van der Waals surface area contributed by atoms with Crippen molar-refractivity contribution in [3.05, 3.63) is 65.7 Å². The number of hydrogen-bond acceptors (Lipinski definition) is 14. The lowest BCUT2D eigenvalue weighted by molar-refractivity contribution is -0.142. The summed E-state index contributed by atoms with van der Waals surface area (Å²) in [7, 11) is 2.59. The molecule has 3 aliphatic rings. The van der Waals surface area contributed by atoms with E-state index in [4.69, 9.17) is 27.7 Å².